The van der Waals surface area contributed by atoms with Gasteiger partial charge in [0.2, 0.25) is 5.39 Å². The number of rotatable bonds is 2. The molecule has 5 nitrogen and oxygen atoms in total. The van der Waals surface area contributed by atoms with E-state index in [0.717, 1.165) is 0 Å². The quantitative estimate of drug-likeness (QED) is 0.715. The van der Waals surface area contributed by atoms with Crippen LogP contribution in [0.25, 0.3) is 27.1 Å². The molecular weight excluding hydrogens is 266 g/mol. The van der Waals surface area contributed by atoms with E-state index in [9.17, 15) is 15.3 Å². The lowest BCUT2D eigenvalue weighted by atomic mass is 10.0. The van der Waals surface area contributed by atoms with Crippen LogP contribution in [0.1, 0.15) is 10.4 Å². The molecule has 0 saturated heterocycles. The van der Waals surface area contributed by atoms with Crippen LogP contribution in [-0.2, 0) is 0 Å². The second-order valence-corrected chi connectivity index (χ2v) is 4.47. The summed E-state index contributed by atoms with van der Waals surface area (Å²) in [5.74, 6) is -1.15. The molecule has 3 aromatic rings. The summed E-state index contributed by atoms with van der Waals surface area (Å²) in [7, 11) is 0. The molecule has 1 heterocycles. The van der Waals surface area contributed by atoms with Crippen molar-refractivity contribution >= 4 is 22.6 Å². The minimum absolute atomic E-state index is 0.0348. The zero-order valence-corrected chi connectivity index (χ0v) is 10.9. The number of benzene rings is 2. The maximum atomic E-state index is 11.6. The fourth-order valence-electron chi connectivity index (χ4n) is 2.31. The number of aromatic carboxylic acids is 1. The van der Waals surface area contributed by atoms with Gasteiger partial charge in [0.05, 0.1) is 5.52 Å². The number of hydrogen-bond donors (Lipinski definition) is 1. The number of fused-ring (bicyclic) bond motifs is 1. The van der Waals surface area contributed by atoms with Gasteiger partial charge in [0.1, 0.15) is 0 Å². The van der Waals surface area contributed by atoms with Crippen LogP contribution in [-0.4, -0.2) is 16.1 Å². The molecule has 0 bridgehead atoms. The van der Waals surface area contributed by atoms with Gasteiger partial charge in [-0.1, -0.05) is 48.5 Å². The van der Waals surface area contributed by atoms with E-state index < -0.39 is 5.97 Å². The molecule has 0 aliphatic carbocycles. The fourth-order valence-corrected chi connectivity index (χ4v) is 2.31. The van der Waals surface area contributed by atoms with Crippen molar-refractivity contribution in [3.8, 4) is 11.3 Å². The number of diazo groups is 1. The summed E-state index contributed by atoms with van der Waals surface area (Å²) in [6.07, 6.45) is 0. The largest absolute Gasteiger partial charge is 0.477 e. The Morgan fingerprint density at radius 2 is 1.71 bits per heavy atom. The molecule has 1 aromatic heterocycles. The molecule has 0 aliphatic rings. The maximum absolute atomic E-state index is 11.6. The topological polar surface area (TPSA) is 78.3 Å². The molecule has 0 atom stereocenters. The Balaban J connectivity index is 2.46. The van der Waals surface area contributed by atoms with Crippen LogP contribution in [0.15, 0.2) is 54.6 Å². The molecule has 0 spiro atoms. The minimum atomic E-state index is -1.15. The molecule has 1 N–H and O–H groups in total. The summed E-state index contributed by atoms with van der Waals surface area (Å²) < 4.78 is 0. The van der Waals surface area contributed by atoms with Crippen molar-refractivity contribution in [2.75, 3.05) is 0 Å². The minimum Gasteiger partial charge on any atom is -0.477 e. The monoisotopic (exact) mass is 276 g/mol. The average Bonchev–Trinajstić information content (AvgIpc) is 2.53. The zero-order chi connectivity index (χ0) is 14.8. The third kappa shape index (κ3) is 2.09. The van der Waals surface area contributed by atoms with Crippen LogP contribution >= 0.6 is 0 Å². The Hall–Kier alpha value is -3.26. The molecule has 21 heavy (non-hydrogen) atoms. The Morgan fingerprint density at radius 1 is 1.05 bits per heavy atom. The second-order valence-electron chi connectivity index (χ2n) is 4.47. The number of pyridine rings is 1. The molecule has 0 unspecified atom stereocenters. The highest BCUT2D eigenvalue weighted by atomic mass is 16.4. The smallest absolute Gasteiger partial charge is 0.426 e. The number of carboxylic acid groups (broad SMARTS) is 1. The standard InChI is InChI=1S/C16H9N3O2/c17-19-15-13(16(20)21)11-8-4-5-9-12(11)18-14(15)10-6-2-1-3-7-10/h1-9H/p+1. The van der Waals surface area contributed by atoms with Crippen molar-refractivity contribution in [1.82, 2.24) is 4.98 Å². The van der Waals surface area contributed by atoms with Gasteiger partial charge in [0, 0.05) is 10.9 Å². The SMILES string of the molecule is N#[N+]c1c(-c2ccccc2)nc2ccccc2c1C(=O)O. The van der Waals surface area contributed by atoms with Gasteiger partial charge in [-0.25, -0.2) is 9.78 Å². The number of aromatic nitrogens is 1. The lowest BCUT2D eigenvalue weighted by Crippen LogP contribution is -2.01. The molecule has 3 rings (SSSR count). The third-order valence-corrected chi connectivity index (χ3v) is 3.23. The lowest BCUT2D eigenvalue weighted by Gasteiger charge is -2.04. The van der Waals surface area contributed by atoms with Crippen LogP contribution in [0.4, 0.5) is 5.69 Å². The number of nitrogens with zero attached hydrogens (tertiary/aromatic N) is 3. The lowest BCUT2D eigenvalue weighted by molar-refractivity contribution is 0.0700. The number of carboxylic acids is 1. The van der Waals surface area contributed by atoms with Gasteiger partial charge in [0.25, 0.3) is 0 Å². The van der Waals surface area contributed by atoms with E-state index in [0.29, 0.717) is 22.2 Å². The second kappa shape index (κ2) is 5.02. The number of carbonyl (C=O) groups is 1. The predicted molar refractivity (Wildman–Crippen MR) is 78.9 cm³/mol. The van der Waals surface area contributed by atoms with E-state index in [-0.39, 0.29) is 11.3 Å². The van der Waals surface area contributed by atoms with Crippen molar-refractivity contribution in [3.05, 3.63) is 65.1 Å². The predicted octanol–water partition coefficient (Wildman–Crippen LogP) is 4.08. The average molecular weight is 276 g/mol. The van der Waals surface area contributed by atoms with Gasteiger partial charge in [0.15, 0.2) is 16.2 Å². The van der Waals surface area contributed by atoms with Crippen molar-refractivity contribution in [1.29, 1.82) is 5.39 Å². The van der Waals surface area contributed by atoms with Crippen LogP contribution in [0, 0.1) is 5.39 Å². The zero-order valence-electron chi connectivity index (χ0n) is 10.9. The normalized spacial score (nSPS) is 10.2. The molecule has 2 aromatic carbocycles. The summed E-state index contributed by atoms with van der Waals surface area (Å²) in [6, 6.07) is 15.9. The highest BCUT2D eigenvalue weighted by molar-refractivity contribution is 6.10. The summed E-state index contributed by atoms with van der Waals surface area (Å²) in [5, 5.41) is 19.2. The Labute approximate surface area is 120 Å². The van der Waals surface area contributed by atoms with Crippen molar-refractivity contribution in [3.63, 3.8) is 0 Å². The van der Waals surface area contributed by atoms with E-state index >= 15 is 0 Å². The van der Waals surface area contributed by atoms with E-state index in [2.05, 4.69) is 9.96 Å². The Kier molecular flexibility index (Phi) is 3.05. The first-order valence-electron chi connectivity index (χ1n) is 6.29. The van der Waals surface area contributed by atoms with E-state index in [1.165, 1.54) is 0 Å². The van der Waals surface area contributed by atoms with Gasteiger partial charge in [-0.05, 0) is 6.07 Å². The highest BCUT2D eigenvalue weighted by Gasteiger charge is 2.30. The summed E-state index contributed by atoms with van der Waals surface area (Å²) in [6.45, 7) is 0. The molecule has 0 radical (unpaired) electrons. The van der Waals surface area contributed by atoms with E-state index in [1.54, 1.807) is 36.4 Å². The van der Waals surface area contributed by atoms with Gasteiger partial charge >= 0.3 is 11.7 Å². The molecule has 0 saturated carbocycles. The van der Waals surface area contributed by atoms with Crippen molar-refractivity contribution < 1.29 is 9.90 Å². The molecule has 0 fully saturated rings. The van der Waals surface area contributed by atoms with E-state index in [4.69, 9.17) is 0 Å². The Morgan fingerprint density at radius 3 is 2.38 bits per heavy atom. The van der Waals surface area contributed by atoms with Crippen LogP contribution in [0.2, 0.25) is 0 Å². The third-order valence-electron chi connectivity index (χ3n) is 3.23. The summed E-state index contributed by atoms with van der Waals surface area (Å²) in [5.41, 5.74) is 1.49. The van der Waals surface area contributed by atoms with Crippen molar-refractivity contribution in [2.24, 2.45) is 0 Å². The van der Waals surface area contributed by atoms with Gasteiger partial charge in [-0.3, -0.25) is 0 Å². The van der Waals surface area contributed by atoms with Crippen LogP contribution < -0.4 is 0 Å². The van der Waals surface area contributed by atoms with E-state index in [1.807, 2.05) is 18.2 Å². The fraction of sp³-hybridized carbons (Fsp3) is 0. The van der Waals surface area contributed by atoms with Gasteiger partial charge in [-0.15, -0.1) is 0 Å². The molecular formula is C16H10N3O2+. The number of para-hydroxylation sites is 1. The van der Waals surface area contributed by atoms with Crippen molar-refractivity contribution in [2.45, 2.75) is 0 Å². The van der Waals surface area contributed by atoms with Gasteiger partial charge < -0.3 is 5.11 Å². The van der Waals surface area contributed by atoms with Gasteiger partial charge in [-0.2, -0.15) is 0 Å². The summed E-state index contributed by atoms with van der Waals surface area (Å²) in [4.78, 5) is 19.2. The highest BCUT2D eigenvalue weighted by Crippen LogP contribution is 2.36. The summed E-state index contributed by atoms with van der Waals surface area (Å²) >= 11 is 0. The molecule has 0 aliphatic heterocycles. The Bertz CT molecular complexity index is 883. The molecule has 5 heteroatoms. The molecule has 0 amide bonds. The first-order valence-corrected chi connectivity index (χ1v) is 6.29. The van der Waals surface area contributed by atoms with Crippen LogP contribution in [0.3, 0.4) is 0 Å². The maximum Gasteiger partial charge on any atom is 0.426 e. The van der Waals surface area contributed by atoms with Crippen LogP contribution in [0.5, 0.6) is 0 Å². The first kappa shape index (κ1) is 12.8. The first-order chi connectivity index (χ1) is 10.2. The molecule has 100 valence electrons. The number of hydrogen-bond acceptors (Lipinski definition) is 3.